The number of ether oxygens (including phenoxy) is 1. The Morgan fingerprint density at radius 1 is 1.27 bits per heavy atom. The van der Waals surface area contributed by atoms with Gasteiger partial charge in [0, 0.05) is 14.1 Å². The van der Waals surface area contributed by atoms with Crippen LogP contribution in [0.15, 0.2) is 30.5 Å². The van der Waals surface area contributed by atoms with Crippen molar-refractivity contribution in [1.29, 1.82) is 0 Å². The van der Waals surface area contributed by atoms with E-state index in [1.807, 2.05) is 24.3 Å². The third kappa shape index (κ3) is 3.63. The normalized spacial score (nSPS) is 11.9. The van der Waals surface area contributed by atoms with Crippen LogP contribution >= 0.6 is 0 Å². The van der Waals surface area contributed by atoms with E-state index in [0.717, 1.165) is 17.7 Å². The molecule has 1 aromatic carbocycles. The molecule has 2 rings (SSSR count). The van der Waals surface area contributed by atoms with Crippen LogP contribution in [0.4, 0.5) is 16.2 Å². The first-order valence-corrected chi connectivity index (χ1v) is 7.15. The minimum Gasteiger partial charge on any atom is -0.497 e. The van der Waals surface area contributed by atoms with Crippen molar-refractivity contribution < 1.29 is 9.13 Å². The van der Waals surface area contributed by atoms with Gasteiger partial charge < -0.3 is 15.0 Å². The summed E-state index contributed by atoms with van der Waals surface area (Å²) < 4.78 is 18.8. The second-order valence-corrected chi connectivity index (χ2v) is 5.14. The first-order valence-electron chi connectivity index (χ1n) is 7.15. The van der Waals surface area contributed by atoms with Gasteiger partial charge in [-0.25, -0.2) is 9.37 Å². The van der Waals surface area contributed by atoms with Crippen molar-refractivity contribution in [2.75, 3.05) is 31.4 Å². The molecule has 0 saturated heterocycles. The molecule has 1 aromatic heterocycles. The molecule has 1 atom stereocenters. The molecule has 0 fully saturated rings. The standard InChI is InChI=1S/C16H21FN4O/c1-5-14(11-6-8-12(22-4)9-7-11)19-16-18-10-13(17)15(20-16)21(2)3/h6-10,14H,5H2,1-4H3,(H,18,19,20). The van der Waals surface area contributed by atoms with Gasteiger partial charge in [0.05, 0.1) is 19.3 Å². The van der Waals surface area contributed by atoms with E-state index >= 15 is 0 Å². The summed E-state index contributed by atoms with van der Waals surface area (Å²) in [5, 5.41) is 3.25. The maximum absolute atomic E-state index is 13.6. The molecule has 22 heavy (non-hydrogen) atoms. The highest BCUT2D eigenvalue weighted by Gasteiger charge is 2.13. The number of halogens is 1. The Balaban J connectivity index is 2.20. The van der Waals surface area contributed by atoms with E-state index in [1.165, 1.54) is 6.20 Å². The summed E-state index contributed by atoms with van der Waals surface area (Å²) in [6.07, 6.45) is 2.04. The summed E-state index contributed by atoms with van der Waals surface area (Å²) in [5.74, 6) is 1.05. The lowest BCUT2D eigenvalue weighted by atomic mass is 10.0. The number of anilines is 2. The fraction of sp³-hybridized carbons (Fsp3) is 0.375. The fourth-order valence-electron chi connectivity index (χ4n) is 2.15. The molecule has 5 nitrogen and oxygen atoms in total. The van der Waals surface area contributed by atoms with Gasteiger partial charge in [0.15, 0.2) is 11.6 Å². The predicted molar refractivity (Wildman–Crippen MR) is 86.0 cm³/mol. The molecule has 118 valence electrons. The zero-order valence-corrected chi connectivity index (χ0v) is 13.3. The van der Waals surface area contributed by atoms with Crippen LogP contribution in [0.1, 0.15) is 24.9 Å². The van der Waals surface area contributed by atoms with Crippen molar-refractivity contribution in [3.63, 3.8) is 0 Å². The zero-order valence-electron chi connectivity index (χ0n) is 13.3. The highest BCUT2D eigenvalue weighted by Crippen LogP contribution is 2.24. The second kappa shape index (κ2) is 7.06. The lowest BCUT2D eigenvalue weighted by Crippen LogP contribution is -2.17. The number of rotatable bonds is 6. The number of hydrogen-bond acceptors (Lipinski definition) is 5. The molecule has 0 aliphatic rings. The van der Waals surface area contributed by atoms with E-state index < -0.39 is 5.82 Å². The van der Waals surface area contributed by atoms with E-state index in [2.05, 4.69) is 22.2 Å². The van der Waals surface area contributed by atoms with Crippen LogP contribution < -0.4 is 15.0 Å². The van der Waals surface area contributed by atoms with Crippen LogP contribution in [-0.2, 0) is 0 Å². The van der Waals surface area contributed by atoms with Gasteiger partial charge >= 0.3 is 0 Å². The van der Waals surface area contributed by atoms with Crippen molar-refractivity contribution in [1.82, 2.24) is 9.97 Å². The highest BCUT2D eigenvalue weighted by atomic mass is 19.1. The van der Waals surface area contributed by atoms with E-state index in [0.29, 0.717) is 5.95 Å². The number of nitrogens with one attached hydrogen (secondary N) is 1. The van der Waals surface area contributed by atoms with Crippen molar-refractivity contribution in [3.05, 3.63) is 41.8 Å². The molecule has 0 spiro atoms. The van der Waals surface area contributed by atoms with Gasteiger partial charge in [-0.05, 0) is 24.1 Å². The van der Waals surface area contributed by atoms with Gasteiger partial charge in [0.25, 0.3) is 0 Å². The van der Waals surface area contributed by atoms with Crippen LogP contribution in [0.3, 0.4) is 0 Å². The molecule has 0 saturated carbocycles. The third-order valence-corrected chi connectivity index (χ3v) is 3.38. The molecule has 0 bridgehead atoms. The topological polar surface area (TPSA) is 50.3 Å². The molecule has 1 heterocycles. The minimum atomic E-state index is -0.437. The average Bonchev–Trinajstić information content (AvgIpc) is 2.54. The molecule has 1 N–H and O–H groups in total. The summed E-state index contributed by atoms with van der Waals surface area (Å²) in [7, 11) is 5.13. The molecule has 1 unspecified atom stereocenters. The molecular weight excluding hydrogens is 283 g/mol. The SMILES string of the molecule is CCC(Nc1ncc(F)c(N(C)C)n1)c1ccc(OC)cc1. The largest absolute Gasteiger partial charge is 0.497 e. The van der Waals surface area contributed by atoms with E-state index in [1.54, 1.807) is 26.1 Å². The van der Waals surface area contributed by atoms with Gasteiger partial charge in [-0.3, -0.25) is 0 Å². The Bertz CT molecular complexity index is 616. The Morgan fingerprint density at radius 3 is 2.50 bits per heavy atom. The first-order chi connectivity index (χ1) is 10.5. The summed E-state index contributed by atoms with van der Waals surface area (Å²) in [5.41, 5.74) is 1.10. The smallest absolute Gasteiger partial charge is 0.225 e. The van der Waals surface area contributed by atoms with Crippen LogP contribution in [-0.4, -0.2) is 31.2 Å². The summed E-state index contributed by atoms with van der Waals surface area (Å²) in [4.78, 5) is 9.86. The lowest BCUT2D eigenvalue weighted by molar-refractivity contribution is 0.414. The highest BCUT2D eigenvalue weighted by molar-refractivity contribution is 5.43. The summed E-state index contributed by atoms with van der Waals surface area (Å²) in [6.45, 7) is 2.07. The maximum Gasteiger partial charge on any atom is 0.225 e. The fourth-order valence-corrected chi connectivity index (χ4v) is 2.15. The number of hydrogen-bond donors (Lipinski definition) is 1. The van der Waals surface area contributed by atoms with Gasteiger partial charge in [-0.1, -0.05) is 19.1 Å². The van der Waals surface area contributed by atoms with E-state index in [9.17, 15) is 4.39 Å². The van der Waals surface area contributed by atoms with Crippen molar-refractivity contribution >= 4 is 11.8 Å². The molecule has 0 radical (unpaired) electrons. The van der Waals surface area contributed by atoms with Gasteiger partial charge in [0.2, 0.25) is 5.95 Å². The van der Waals surface area contributed by atoms with Crippen molar-refractivity contribution in [2.24, 2.45) is 0 Å². The molecule has 0 aliphatic heterocycles. The monoisotopic (exact) mass is 304 g/mol. The maximum atomic E-state index is 13.6. The Labute approximate surface area is 130 Å². The zero-order chi connectivity index (χ0) is 16.1. The molecule has 2 aromatic rings. The number of benzene rings is 1. The van der Waals surface area contributed by atoms with Gasteiger partial charge in [-0.15, -0.1) is 0 Å². The number of nitrogens with zero attached hydrogens (tertiary/aromatic N) is 3. The number of methoxy groups -OCH3 is 1. The summed E-state index contributed by atoms with van der Waals surface area (Å²) in [6, 6.07) is 7.87. The minimum absolute atomic E-state index is 0.0476. The molecule has 6 heteroatoms. The van der Waals surface area contributed by atoms with Crippen LogP contribution in [0.5, 0.6) is 5.75 Å². The number of aromatic nitrogens is 2. The van der Waals surface area contributed by atoms with Crippen LogP contribution in [0, 0.1) is 5.82 Å². The van der Waals surface area contributed by atoms with E-state index in [-0.39, 0.29) is 11.9 Å². The predicted octanol–water partition coefficient (Wildman–Crippen LogP) is 3.25. The first kappa shape index (κ1) is 16.0. The Kier molecular flexibility index (Phi) is 5.14. The average molecular weight is 304 g/mol. The Hall–Kier alpha value is -2.37. The second-order valence-electron chi connectivity index (χ2n) is 5.14. The van der Waals surface area contributed by atoms with Gasteiger partial charge in [-0.2, -0.15) is 4.98 Å². The lowest BCUT2D eigenvalue weighted by Gasteiger charge is -2.19. The van der Waals surface area contributed by atoms with Crippen molar-refractivity contribution in [2.45, 2.75) is 19.4 Å². The summed E-state index contributed by atoms with van der Waals surface area (Å²) >= 11 is 0. The Morgan fingerprint density at radius 2 is 1.95 bits per heavy atom. The van der Waals surface area contributed by atoms with E-state index in [4.69, 9.17) is 4.74 Å². The molecular formula is C16H21FN4O. The van der Waals surface area contributed by atoms with Crippen molar-refractivity contribution in [3.8, 4) is 5.75 Å². The third-order valence-electron chi connectivity index (χ3n) is 3.38. The van der Waals surface area contributed by atoms with Crippen LogP contribution in [0.25, 0.3) is 0 Å². The molecule has 0 amide bonds. The molecule has 0 aliphatic carbocycles. The quantitative estimate of drug-likeness (QED) is 0.887. The van der Waals surface area contributed by atoms with Gasteiger partial charge in [0.1, 0.15) is 5.75 Å². The van der Waals surface area contributed by atoms with Crippen LogP contribution in [0.2, 0.25) is 0 Å².